The average molecular weight is 234 g/mol. The average Bonchev–Trinajstić information content (AvgIpc) is 2.39. The minimum atomic E-state index is -0.114. The van der Waals surface area contributed by atoms with Gasteiger partial charge in [-0.3, -0.25) is 4.79 Å². The lowest BCUT2D eigenvalue weighted by atomic mass is 10.0. The number of carbonyl (C=O) groups is 1. The maximum Gasteiger partial charge on any atom is 0.257 e. The van der Waals surface area contributed by atoms with Crippen LogP contribution >= 0.6 is 0 Å². The van der Waals surface area contributed by atoms with Crippen LogP contribution in [0.2, 0.25) is 0 Å². The summed E-state index contributed by atoms with van der Waals surface area (Å²) in [7, 11) is 1.80. The van der Waals surface area contributed by atoms with Gasteiger partial charge in [-0.15, -0.1) is 0 Å². The van der Waals surface area contributed by atoms with Gasteiger partial charge in [-0.2, -0.15) is 0 Å². The van der Waals surface area contributed by atoms with Crippen molar-refractivity contribution in [3.05, 3.63) is 29.8 Å². The lowest BCUT2D eigenvalue weighted by Crippen LogP contribution is -2.46. The summed E-state index contributed by atoms with van der Waals surface area (Å²) in [5.74, 6) is -0.0649. The zero-order valence-corrected chi connectivity index (χ0v) is 10.0. The number of hydrogen-bond acceptors (Lipinski definition) is 3. The van der Waals surface area contributed by atoms with Crippen molar-refractivity contribution in [1.29, 1.82) is 0 Å². The Balaban J connectivity index is 2.11. The maximum atomic E-state index is 12.2. The van der Waals surface area contributed by atoms with Crippen molar-refractivity contribution in [2.75, 3.05) is 20.1 Å². The Morgan fingerprint density at radius 1 is 1.47 bits per heavy atom. The Morgan fingerprint density at radius 3 is 2.88 bits per heavy atom. The molecule has 1 aliphatic rings. The number of likely N-dealkylation sites (N-methyl/N-ethyl adjacent to an activating group) is 1. The highest BCUT2D eigenvalue weighted by molar-refractivity contribution is 5.96. The van der Waals surface area contributed by atoms with Crippen LogP contribution in [0.1, 0.15) is 23.2 Å². The fourth-order valence-corrected chi connectivity index (χ4v) is 2.17. The van der Waals surface area contributed by atoms with Gasteiger partial charge >= 0.3 is 0 Å². The molecule has 0 aromatic heterocycles. The van der Waals surface area contributed by atoms with E-state index < -0.39 is 0 Å². The van der Waals surface area contributed by atoms with Gasteiger partial charge in [0.15, 0.2) is 0 Å². The van der Waals surface area contributed by atoms with Crippen LogP contribution in [0.3, 0.4) is 0 Å². The molecule has 0 spiro atoms. The predicted molar refractivity (Wildman–Crippen MR) is 66.1 cm³/mol. The van der Waals surface area contributed by atoms with E-state index in [1.54, 1.807) is 36.2 Å². The molecule has 0 radical (unpaired) electrons. The second-order valence-corrected chi connectivity index (χ2v) is 4.43. The number of aromatic hydroxyl groups is 1. The van der Waals surface area contributed by atoms with Crippen LogP contribution < -0.4 is 5.32 Å². The van der Waals surface area contributed by atoms with E-state index in [0.717, 1.165) is 25.9 Å². The maximum absolute atomic E-state index is 12.2. The number of piperidine rings is 1. The molecule has 1 saturated heterocycles. The monoisotopic (exact) mass is 234 g/mol. The Kier molecular flexibility index (Phi) is 3.64. The first-order valence-electron chi connectivity index (χ1n) is 5.96. The number of phenolic OH excluding ortho intramolecular Hbond substituents is 1. The molecule has 1 fully saturated rings. The minimum Gasteiger partial charge on any atom is -0.507 e. The number of hydrogen-bond donors (Lipinski definition) is 2. The first-order chi connectivity index (χ1) is 8.20. The van der Waals surface area contributed by atoms with Crippen LogP contribution in [-0.2, 0) is 0 Å². The third-order valence-corrected chi connectivity index (χ3v) is 3.27. The summed E-state index contributed by atoms with van der Waals surface area (Å²) in [5.41, 5.74) is 0.376. The predicted octanol–water partition coefficient (Wildman–Crippen LogP) is 1.22. The summed E-state index contributed by atoms with van der Waals surface area (Å²) < 4.78 is 0. The van der Waals surface area contributed by atoms with Gasteiger partial charge in [0.25, 0.3) is 5.91 Å². The number of nitrogens with zero attached hydrogens (tertiary/aromatic N) is 1. The molecule has 1 aromatic carbocycles. The molecule has 2 N–H and O–H groups in total. The number of rotatable bonds is 2. The summed E-state index contributed by atoms with van der Waals surface area (Å²) >= 11 is 0. The summed E-state index contributed by atoms with van der Waals surface area (Å²) in [6, 6.07) is 6.90. The molecule has 1 aliphatic heterocycles. The van der Waals surface area contributed by atoms with Gasteiger partial charge in [-0.25, -0.2) is 0 Å². The van der Waals surface area contributed by atoms with Crippen molar-refractivity contribution >= 4 is 5.91 Å². The van der Waals surface area contributed by atoms with Gasteiger partial charge in [0.1, 0.15) is 5.75 Å². The molecule has 1 amide bonds. The molecule has 0 bridgehead atoms. The smallest absolute Gasteiger partial charge is 0.257 e. The molecule has 0 aliphatic carbocycles. The van der Waals surface area contributed by atoms with E-state index in [1.165, 1.54) is 0 Å². The van der Waals surface area contributed by atoms with E-state index in [2.05, 4.69) is 5.32 Å². The molecule has 17 heavy (non-hydrogen) atoms. The van der Waals surface area contributed by atoms with Gasteiger partial charge in [-0.1, -0.05) is 12.1 Å². The van der Waals surface area contributed by atoms with E-state index in [1.807, 2.05) is 0 Å². The van der Waals surface area contributed by atoms with Crippen LogP contribution in [0.25, 0.3) is 0 Å². The van der Waals surface area contributed by atoms with Gasteiger partial charge in [-0.05, 0) is 31.5 Å². The van der Waals surface area contributed by atoms with Crippen LogP contribution in [0.5, 0.6) is 5.75 Å². The number of nitrogens with one attached hydrogen (secondary N) is 1. The minimum absolute atomic E-state index is 0.0492. The SMILES string of the molecule is CN(C(=O)c1ccccc1O)C1CCCNC1. The topological polar surface area (TPSA) is 52.6 Å². The number of para-hydroxylation sites is 1. The van der Waals surface area contributed by atoms with E-state index in [4.69, 9.17) is 0 Å². The van der Waals surface area contributed by atoms with Gasteiger partial charge in [0, 0.05) is 19.6 Å². The van der Waals surface area contributed by atoms with Crippen molar-refractivity contribution in [2.45, 2.75) is 18.9 Å². The second kappa shape index (κ2) is 5.19. The largest absolute Gasteiger partial charge is 0.507 e. The second-order valence-electron chi connectivity index (χ2n) is 4.43. The Labute approximate surface area is 101 Å². The van der Waals surface area contributed by atoms with E-state index in [-0.39, 0.29) is 17.7 Å². The van der Waals surface area contributed by atoms with E-state index in [9.17, 15) is 9.90 Å². The number of benzene rings is 1. The molecular formula is C13H18N2O2. The zero-order chi connectivity index (χ0) is 12.3. The third kappa shape index (κ3) is 2.58. The summed E-state index contributed by atoms with van der Waals surface area (Å²) in [6.07, 6.45) is 2.10. The van der Waals surface area contributed by atoms with Crippen LogP contribution in [0.15, 0.2) is 24.3 Å². The van der Waals surface area contributed by atoms with Crippen molar-refractivity contribution in [1.82, 2.24) is 10.2 Å². The highest BCUT2D eigenvalue weighted by Gasteiger charge is 2.24. The standard InChI is InChI=1S/C13H18N2O2/c1-15(10-5-4-8-14-9-10)13(17)11-6-2-3-7-12(11)16/h2-3,6-7,10,14,16H,4-5,8-9H2,1H3. The van der Waals surface area contributed by atoms with E-state index in [0.29, 0.717) is 5.56 Å². The Morgan fingerprint density at radius 2 is 2.24 bits per heavy atom. The lowest BCUT2D eigenvalue weighted by Gasteiger charge is -2.31. The van der Waals surface area contributed by atoms with Crippen molar-refractivity contribution in [3.8, 4) is 5.75 Å². The lowest BCUT2D eigenvalue weighted by molar-refractivity contribution is 0.0705. The molecule has 1 heterocycles. The molecule has 1 unspecified atom stereocenters. The highest BCUT2D eigenvalue weighted by Crippen LogP contribution is 2.19. The molecule has 4 heteroatoms. The third-order valence-electron chi connectivity index (χ3n) is 3.27. The van der Waals surface area contributed by atoms with Gasteiger partial charge in [0.05, 0.1) is 5.56 Å². The highest BCUT2D eigenvalue weighted by atomic mass is 16.3. The van der Waals surface area contributed by atoms with Crippen LogP contribution in [0.4, 0.5) is 0 Å². The quantitative estimate of drug-likeness (QED) is 0.809. The Bertz CT molecular complexity index is 400. The molecule has 1 atom stereocenters. The Hall–Kier alpha value is -1.55. The molecule has 4 nitrogen and oxygen atoms in total. The van der Waals surface area contributed by atoms with Crippen LogP contribution in [0, 0.1) is 0 Å². The van der Waals surface area contributed by atoms with Crippen molar-refractivity contribution in [3.63, 3.8) is 0 Å². The molecule has 2 rings (SSSR count). The van der Waals surface area contributed by atoms with Crippen molar-refractivity contribution < 1.29 is 9.90 Å². The first kappa shape index (κ1) is 11.9. The van der Waals surface area contributed by atoms with Crippen molar-refractivity contribution in [2.24, 2.45) is 0 Å². The van der Waals surface area contributed by atoms with Gasteiger partial charge < -0.3 is 15.3 Å². The van der Waals surface area contributed by atoms with Gasteiger partial charge in [0.2, 0.25) is 0 Å². The van der Waals surface area contributed by atoms with E-state index >= 15 is 0 Å². The number of amides is 1. The number of phenols is 1. The summed E-state index contributed by atoms with van der Waals surface area (Å²) in [6.45, 7) is 1.85. The zero-order valence-electron chi connectivity index (χ0n) is 10.0. The molecular weight excluding hydrogens is 216 g/mol. The molecule has 0 saturated carbocycles. The molecule has 92 valence electrons. The first-order valence-corrected chi connectivity index (χ1v) is 5.96. The number of carbonyl (C=O) groups excluding carboxylic acids is 1. The fraction of sp³-hybridized carbons (Fsp3) is 0.462. The molecule has 1 aromatic rings. The normalized spacial score (nSPS) is 19.9. The summed E-state index contributed by atoms with van der Waals surface area (Å²) in [5, 5.41) is 12.9. The summed E-state index contributed by atoms with van der Waals surface area (Å²) in [4.78, 5) is 13.9. The van der Waals surface area contributed by atoms with Crippen LogP contribution in [-0.4, -0.2) is 42.1 Å². The fourth-order valence-electron chi connectivity index (χ4n) is 2.17.